The number of fused-ring (bicyclic) bond motifs is 5. The Balaban J connectivity index is 1.23. The van der Waals surface area contributed by atoms with Crippen molar-refractivity contribution in [2.24, 2.45) is 11.8 Å². The average molecular weight is 580 g/mol. The highest BCUT2D eigenvalue weighted by atomic mass is 16.5. The van der Waals surface area contributed by atoms with Crippen LogP contribution in [0.5, 0.6) is 5.75 Å². The van der Waals surface area contributed by atoms with Crippen molar-refractivity contribution in [2.75, 3.05) is 0 Å². The Morgan fingerprint density at radius 2 is 1.36 bits per heavy atom. The molecule has 9 rings (SSSR count). The Morgan fingerprint density at radius 3 is 2.27 bits per heavy atom. The predicted octanol–water partition coefficient (Wildman–Crippen LogP) is 9.17. The van der Waals surface area contributed by atoms with Crippen LogP contribution < -0.4 is 4.74 Å². The van der Waals surface area contributed by atoms with Crippen molar-refractivity contribution in [3.8, 4) is 28.5 Å². The van der Waals surface area contributed by atoms with Crippen molar-refractivity contribution in [2.45, 2.75) is 12.0 Å². The number of ether oxygens (including phenoxy) is 1. The van der Waals surface area contributed by atoms with Gasteiger partial charge in [0.2, 0.25) is 0 Å². The van der Waals surface area contributed by atoms with E-state index in [1.165, 1.54) is 22.1 Å². The Hall–Kier alpha value is -5.61. The highest BCUT2D eigenvalue weighted by molar-refractivity contribution is 5.99. The summed E-state index contributed by atoms with van der Waals surface area (Å²) in [5.41, 5.74) is 6.57. The maximum Gasteiger partial charge on any atom is 0.164 e. The molecule has 1 aromatic heterocycles. The minimum atomic E-state index is -0.0317. The first-order chi connectivity index (χ1) is 22.3. The molecule has 0 saturated carbocycles. The van der Waals surface area contributed by atoms with E-state index in [-0.39, 0.29) is 12.0 Å². The minimum absolute atomic E-state index is 0.0317. The predicted molar refractivity (Wildman–Crippen MR) is 181 cm³/mol. The molecule has 5 aromatic rings. The molecule has 0 spiro atoms. The Kier molecular flexibility index (Phi) is 6.05. The number of nitrogens with zero attached hydrogens (tertiary/aromatic N) is 3. The summed E-state index contributed by atoms with van der Waals surface area (Å²) in [4.78, 5) is 15.2. The smallest absolute Gasteiger partial charge is 0.164 e. The van der Waals surface area contributed by atoms with Crippen molar-refractivity contribution in [3.05, 3.63) is 169 Å². The van der Waals surface area contributed by atoms with Gasteiger partial charge < -0.3 is 4.74 Å². The fraction of sp³-hybridized carbons (Fsp3) is 0.0976. The average Bonchev–Trinajstić information content (AvgIpc) is 3.50. The van der Waals surface area contributed by atoms with Crippen molar-refractivity contribution >= 4 is 21.9 Å². The maximum atomic E-state index is 6.39. The van der Waals surface area contributed by atoms with Gasteiger partial charge in [0.05, 0.1) is 5.92 Å². The highest BCUT2D eigenvalue weighted by Crippen LogP contribution is 2.49. The first-order valence-electron chi connectivity index (χ1n) is 15.5. The van der Waals surface area contributed by atoms with Crippen LogP contribution in [0.25, 0.3) is 44.7 Å². The third kappa shape index (κ3) is 4.49. The first-order valence-corrected chi connectivity index (χ1v) is 15.5. The summed E-state index contributed by atoms with van der Waals surface area (Å²) in [5, 5.41) is 2.34. The fourth-order valence-electron chi connectivity index (χ4n) is 7.02. The van der Waals surface area contributed by atoms with E-state index in [0.29, 0.717) is 29.3 Å². The van der Waals surface area contributed by atoms with E-state index in [0.717, 1.165) is 27.8 Å². The molecule has 0 bridgehead atoms. The summed E-state index contributed by atoms with van der Waals surface area (Å²) in [6.07, 6.45) is 21.9. The molecule has 45 heavy (non-hydrogen) atoms. The molecule has 0 fully saturated rings. The molecule has 1 aliphatic heterocycles. The SMILES string of the molecule is C1=CC2C=CC(c3nc(-c4ccccc4)nc(-c4cc(C5=CC=CC6Oc7ccccc7C56)c5ccccc5c4)n3)=CC2C=C1. The van der Waals surface area contributed by atoms with Crippen LogP contribution in [0.15, 0.2) is 152 Å². The number of benzene rings is 4. The zero-order valence-corrected chi connectivity index (χ0v) is 24.5. The molecule has 4 heteroatoms. The molecule has 2 heterocycles. The van der Waals surface area contributed by atoms with Gasteiger partial charge in [-0.3, -0.25) is 0 Å². The zero-order chi connectivity index (χ0) is 29.7. The molecule has 4 unspecified atom stereocenters. The second-order valence-corrected chi connectivity index (χ2v) is 11.9. The number of aromatic nitrogens is 3. The largest absolute Gasteiger partial charge is 0.485 e. The third-order valence-electron chi connectivity index (χ3n) is 9.21. The molecule has 3 aliphatic carbocycles. The second kappa shape index (κ2) is 10.5. The van der Waals surface area contributed by atoms with Gasteiger partial charge in [-0.15, -0.1) is 0 Å². The molecule has 0 amide bonds. The van der Waals surface area contributed by atoms with Crippen molar-refractivity contribution in [3.63, 3.8) is 0 Å². The Bertz CT molecular complexity index is 2170. The molecular weight excluding hydrogens is 550 g/mol. The van der Waals surface area contributed by atoms with Crippen molar-refractivity contribution < 1.29 is 4.74 Å². The van der Waals surface area contributed by atoms with Crippen molar-refractivity contribution in [1.29, 1.82) is 0 Å². The van der Waals surface area contributed by atoms with Crippen LogP contribution >= 0.6 is 0 Å². The van der Waals surface area contributed by atoms with Gasteiger partial charge in [0, 0.05) is 34.1 Å². The molecule has 0 N–H and O–H groups in total. The summed E-state index contributed by atoms with van der Waals surface area (Å²) in [6, 6.07) is 31.6. The molecule has 0 radical (unpaired) electrons. The maximum absolute atomic E-state index is 6.39. The van der Waals surface area contributed by atoms with E-state index in [1.807, 2.05) is 24.3 Å². The Labute approximate surface area is 262 Å². The topological polar surface area (TPSA) is 47.9 Å². The molecule has 4 aromatic carbocycles. The molecule has 4 atom stereocenters. The number of rotatable bonds is 4. The lowest BCUT2D eigenvalue weighted by atomic mass is 9.79. The van der Waals surface area contributed by atoms with Crippen LogP contribution in [-0.2, 0) is 0 Å². The van der Waals surface area contributed by atoms with Gasteiger partial charge in [0.1, 0.15) is 11.9 Å². The molecule has 4 aliphatic rings. The van der Waals surface area contributed by atoms with Gasteiger partial charge in [-0.25, -0.2) is 15.0 Å². The molecule has 4 nitrogen and oxygen atoms in total. The van der Waals surface area contributed by atoms with Crippen LogP contribution in [-0.4, -0.2) is 21.1 Å². The normalized spacial score (nSPS) is 22.3. The van der Waals surface area contributed by atoms with Gasteiger partial charge in [0.25, 0.3) is 0 Å². The zero-order valence-electron chi connectivity index (χ0n) is 24.5. The van der Waals surface area contributed by atoms with Crippen LogP contribution in [0, 0.1) is 11.8 Å². The van der Waals surface area contributed by atoms with Gasteiger partial charge >= 0.3 is 0 Å². The summed E-state index contributed by atoms with van der Waals surface area (Å²) >= 11 is 0. The second-order valence-electron chi connectivity index (χ2n) is 11.9. The quantitative estimate of drug-likeness (QED) is 0.213. The first kappa shape index (κ1) is 25.8. The Morgan fingerprint density at radius 1 is 0.600 bits per heavy atom. The lowest BCUT2D eigenvalue weighted by Crippen LogP contribution is -2.19. The lowest BCUT2D eigenvalue weighted by molar-refractivity contribution is 0.271. The van der Waals surface area contributed by atoms with E-state index < -0.39 is 0 Å². The number of para-hydroxylation sites is 1. The van der Waals surface area contributed by atoms with E-state index in [2.05, 4.69) is 127 Å². The number of hydrogen-bond donors (Lipinski definition) is 0. The number of hydrogen-bond acceptors (Lipinski definition) is 4. The fourth-order valence-corrected chi connectivity index (χ4v) is 7.02. The van der Waals surface area contributed by atoms with E-state index >= 15 is 0 Å². The summed E-state index contributed by atoms with van der Waals surface area (Å²) in [5.74, 6) is 3.73. The van der Waals surface area contributed by atoms with Gasteiger partial charge in [-0.05, 0) is 46.2 Å². The van der Waals surface area contributed by atoms with Crippen LogP contribution in [0.4, 0.5) is 0 Å². The van der Waals surface area contributed by atoms with E-state index in [4.69, 9.17) is 19.7 Å². The molecule has 214 valence electrons. The van der Waals surface area contributed by atoms with Gasteiger partial charge in [-0.2, -0.15) is 0 Å². The van der Waals surface area contributed by atoms with E-state index in [1.54, 1.807) is 0 Å². The van der Waals surface area contributed by atoms with E-state index in [9.17, 15) is 0 Å². The van der Waals surface area contributed by atoms with Crippen LogP contribution in [0.2, 0.25) is 0 Å². The van der Waals surface area contributed by atoms with Crippen LogP contribution in [0.1, 0.15) is 22.9 Å². The van der Waals surface area contributed by atoms with Crippen molar-refractivity contribution in [1.82, 2.24) is 15.0 Å². The summed E-state index contributed by atoms with van der Waals surface area (Å²) < 4.78 is 6.39. The monoisotopic (exact) mass is 579 g/mol. The number of allylic oxidation sites excluding steroid dienone is 10. The molecular formula is C41H29N3O. The lowest BCUT2D eigenvalue weighted by Gasteiger charge is -2.24. The highest BCUT2D eigenvalue weighted by Gasteiger charge is 2.37. The minimum Gasteiger partial charge on any atom is -0.485 e. The van der Waals surface area contributed by atoms with Crippen LogP contribution in [0.3, 0.4) is 0 Å². The third-order valence-corrected chi connectivity index (χ3v) is 9.21. The molecule has 0 saturated heterocycles. The standard InChI is InChI=1S/C41H29N3O/c1-2-12-27(13-3-1)39-42-40(30-22-21-26-11-4-5-14-28(26)23-30)44-41(43-39)31-24-29-15-6-7-16-32(29)35(25-31)33-18-10-20-37-38(33)34-17-8-9-19-36(34)45-37/h1-26,28,37-38H. The summed E-state index contributed by atoms with van der Waals surface area (Å²) in [6.45, 7) is 0. The van der Waals surface area contributed by atoms with Gasteiger partial charge in [-0.1, -0.05) is 127 Å². The van der Waals surface area contributed by atoms with Gasteiger partial charge in [0.15, 0.2) is 17.5 Å². The summed E-state index contributed by atoms with van der Waals surface area (Å²) in [7, 11) is 0.